The van der Waals surface area contributed by atoms with Crippen LogP contribution in [0.2, 0.25) is 0 Å². The van der Waals surface area contributed by atoms with Crippen molar-refractivity contribution in [2.75, 3.05) is 5.73 Å². The standard InChI is InChI=1S/C23H25N5O2/c1-15-18(6-5-7-19(15)24)21-25-22(30-27-21)20-12-13-28(26-20)14-29-17-10-8-16(9-11-17)23(2,3)4/h5-13H,14,24H2,1-4H3. The molecule has 30 heavy (non-hydrogen) atoms. The van der Waals surface area contributed by atoms with Crippen LogP contribution in [0.15, 0.2) is 59.3 Å². The van der Waals surface area contributed by atoms with E-state index in [0.717, 1.165) is 16.9 Å². The first kappa shape index (κ1) is 19.7. The summed E-state index contributed by atoms with van der Waals surface area (Å²) in [6, 6.07) is 15.6. The van der Waals surface area contributed by atoms with Gasteiger partial charge in [0.25, 0.3) is 5.89 Å². The van der Waals surface area contributed by atoms with Crippen LogP contribution in [-0.4, -0.2) is 19.9 Å². The molecule has 0 aliphatic rings. The molecule has 2 aromatic heterocycles. The normalized spacial score (nSPS) is 11.6. The summed E-state index contributed by atoms with van der Waals surface area (Å²) >= 11 is 0. The molecule has 0 bridgehead atoms. The average Bonchev–Trinajstić information content (AvgIpc) is 3.37. The Morgan fingerprint density at radius 2 is 1.83 bits per heavy atom. The fourth-order valence-electron chi connectivity index (χ4n) is 3.07. The molecule has 2 N–H and O–H groups in total. The Hall–Kier alpha value is -3.61. The summed E-state index contributed by atoms with van der Waals surface area (Å²) in [6.45, 7) is 8.77. The Labute approximate surface area is 175 Å². The molecule has 0 fully saturated rings. The first-order chi connectivity index (χ1) is 14.3. The van der Waals surface area contributed by atoms with E-state index in [1.807, 2.05) is 49.5 Å². The zero-order valence-electron chi connectivity index (χ0n) is 17.6. The zero-order valence-corrected chi connectivity index (χ0v) is 17.6. The fourth-order valence-corrected chi connectivity index (χ4v) is 3.07. The lowest BCUT2D eigenvalue weighted by Gasteiger charge is -2.19. The highest BCUT2D eigenvalue weighted by Crippen LogP contribution is 2.27. The van der Waals surface area contributed by atoms with Gasteiger partial charge in [0, 0.05) is 17.4 Å². The molecule has 154 valence electrons. The molecule has 0 atom stereocenters. The number of anilines is 1. The quantitative estimate of drug-likeness (QED) is 0.480. The third kappa shape index (κ3) is 4.05. The van der Waals surface area contributed by atoms with Gasteiger partial charge < -0.3 is 15.0 Å². The van der Waals surface area contributed by atoms with Gasteiger partial charge in [-0.2, -0.15) is 10.1 Å². The molecule has 7 nitrogen and oxygen atoms in total. The van der Waals surface area contributed by atoms with Crippen molar-refractivity contribution in [2.45, 2.75) is 39.8 Å². The van der Waals surface area contributed by atoms with Crippen LogP contribution in [0, 0.1) is 6.92 Å². The van der Waals surface area contributed by atoms with Crippen LogP contribution in [0.5, 0.6) is 5.75 Å². The molecule has 0 aliphatic heterocycles. The topological polar surface area (TPSA) is 92.0 Å². The van der Waals surface area contributed by atoms with Crippen LogP contribution in [-0.2, 0) is 12.1 Å². The minimum Gasteiger partial charge on any atom is -0.471 e. The highest BCUT2D eigenvalue weighted by Gasteiger charge is 2.16. The average molecular weight is 403 g/mol. The Bertz CT molecular complexity index is 1150. The van der Waals surface area contributed by atoms with Gasteiger partial charge in [-0.15, -0.1) is 0 Å². The van der Waals surface area contributed by atoms with Crippen molar-refractivity contribution in [3.8, 4) is 28.7 Å². The lowest BCUT2D eigenvalue weighted by molar-refractivity contribution is 0.221. The third-order valence-corrected chi connectivity index (χ3v) is 4.99. The van der Waals surface area contributed by atoms with Crippen LogP contribution >= 0.6 is 0 Å². The van der Waals surface area contributed by atoms with Crippen molar-refractivity contribution >= 4 is 5.69 Å². The maximum absolute atomic E-state index is 5.97. The number of hydrogen-bond donors (Lipinski definition) is 1. The van der Waals surface area contributed by atoms with Gasteiger partial charge in [-0.05, 0) is 47.7 Å². The zero-order chi connectivity index (χ0) is 21.3. The molecule has 0 radical (unpaired) electrons. The van der Waals surface area contributed by atoms with E-state index in [-0.39, 0.29) is 12.1 Å². The first-order valence-corrected chi connectivity index (χ1v) is 9.77. The van der Waals surface area contributed by atoms with E-state index < -0.39 is 0 Å². The number of rotatable bonds is 5. The van der Waals surface area contributed by atoms with Crippen LogP contribution in [0.4, 0.5) is 5.69 Å². The van der Waals surface area contributed by atoms with Gasteiger partial charge in [0.15, 0.2) is 12.4 Å². The van der Waals surface area contributed by atoms with E-state index in [4.69, 9.17) is 15.0 Å². The second kappa shape index (κ2) is 7.67. The molecule has 0 saturated carbocycles. The monoisotopic (exact) mass is 403 g/mol. The first-order valence-electron chi connectivity index (χ1n) is 9.77. The molecule has 7 heteroatoms. The van der Waals surface area contributed by atoms with Crippen molar-refractivity contribution in [3.63, 3.8) is 0 Å². The third-order valence-electron chi connectivity index (χ3n) is 4.99. The van der Waals surface area contributed by atoms with Gasteiger partial charge in [0.1, 0.15) is 5.75 Å². The van der Waals surface area contributed by atoms with E-state index in [1.165, 1.54) is 5.56 Å². The number of nitrogen functional groups attached to an aromatic ring is 1. The fraction of sp³-hybridized carbons (Fsp3) is 0.261. The molecule has 0 amide bonds. The van der Waals surface area contributed by atoms with Crippen LogP contribution in [0.1, 0.15) is 31.9 Å². The van der Waals surface area contributed by atoms with Gasteiger partial charge in [-0.3, -0.25) is 0 Å². The minimum absolute atomic E-state index is 0.113. The highest BCUT2D eigenvalue weighted by atomic mass is 16.5. The molecule has 4 aromatic rings. The van der Waals surface area contributed by atoms with Crippen molar-refractivity contribution in [1.29, 1.82) is 0 Å². The van der Waals surface area contributed by atoms with Gasteiger partial charge >= 0.3 is 0 Å². The summed E-state index contributed by atoms with van der Waals surface area (Å²) in [5.41, 5.74) is 10.4. The Morgan fingerprint density at radius 3 is 2.57 bits per heavy atom. The number of hydrogen-bond acceptors (Lipinski definition) is 6. The maximum atomic E-state index is 5.97. The maximum Gasteiger partial charge on any atom is 0.278 e. The second-order valence-corrected chi connectivity index (χ2v) is 8.23. The summed E-state index contributed by atoms with van der Waals surface area (Å²) in [6.07, 6.45) is 1.81. The summed E-state index contributed by atoms with van der Waals surface area (Å²) in [4.78, 5) is 4.47. The molecular weight excluding hydrogens is 378 g/mol. The molecule has 2 aromatic carbocycles. The second-order valence-electron chi connectivity index (χ2n) is 8.23. The Kier molecular flexibility index (Phi) is 5.03. The smallest absolute Gasteiger partial charge is 0.278 e. The van der Waals surface area contributed by atoms with Gasteiger partial charge in [-0.1, -0.05) is 50.2 Å². The van der Waals surface area contributed by atoms with Gasteiger partial charge in [0.05, 0.1) is 0 Å². The number of aromatic nitrogens is 4. The van der Waals surface area contributed by atoms with E-state index in [2.05, 4.69) is 48.1 Å². The predicted molar refractivity (Wildman–Crippen MR) is 116 cm³/mol. The number of benzene rings is 2. The number of nitrogens with two attached hydrogens (primary N) is 1. The van der Waals surface area contributed by atoms with E-state index in [0.29, 0.717) is 23.1 Å². The molecule has 0 aliphatic carbocycles. The van der Waals surface area contributed by atoms with Crippen LogP contribution in [0.3, 0.4) is 0 Å². The lowest BCUT2D eigenvalue weighted by Crippen LogP contribution is -2.11. The predicted octanol–water partition coefficient (Wildman–Crippen LogP) is 4.82. The SMILES string of the molecule is Cc1c(N)cccc1-c1noc(-c2ccn(COc3ccc(C(C)(C)C)cc3)n2)n1. The molecular formula is C23H25N5O2. The van der Waals surface area contributed by atoms with Crippen LogP contribution < -0.4 is 10.5 Å². The van der Waals surface area contributed by atoms with Crippen molar-refractivity contribution in [2.24, 2.45) is 0 Å². The van der Waals surface area contributed by atoms with Crippen molar-refractivity contribution in [3.05, 3.63) is 65.9 Å². The van der Waals surface area contributed by atoms with Crippen LogP contribution in [0.25, 0.3) is 23.0 Å². The molecule has 2 heterocycles. The molecule has 0 saturated heterocycles. The van der Waals surface area contributed by atoms with Gasteiger partial charge in [0.2, 0.25) is 5.82 Å². The minimum atomic E-state index is 0.113. The van der Waals surface area contributed by atoms with E-state index in [9.17, 15) is 0 Å². The summed E-state index contributed by atoms with van der Waals surface area (Å²) in [5, 5.41) is 8.54. The number of nitrogens with zero attached hydrogens (tertiary/aromatic N) is 4. The highest BCUT2D eigenvalue weighted by molar-refractivity contribution is 5.68. The number of ether oxygens (including phenoxy) is 1. The lowest BCUT2D eigenvalue weighted by atomic mass is 9.87. The summed E-state index contributed by atoms with van der Waals surface area (Å²) < 4.78 is 12.9. The van der Waals surface area contributed by atoms with E-state index in [1.54, 1.807) is 4.68 Å². The Morgan fingerprint density at radius 1 is 1.07 bits per heavy atom. The molecule has 4 rings (SSSR count). The van der Waals surface area contributed by atoms with Gasteiger partial charge in [-0.25, -0.2) is 4.68 Å². The Balaban J connectivity index is 1.45. The molecule has 0 unspecified atom stereocenters. The summed E-state index contributed by atoms with van der Waals surface area (Å²) in [7, 11) is 0. The largest absolute Gasteiger partial charge is 0.471 e. The summed E-state index contributed by atoms with van der Waals surface area (Å²) in [5.74, 6) is 1.62. The van der Waals surface area contributed by atoms with Crippen molar-refractivity contribution in [1.82, 2.24) is 19.9 Å². The van der Waals surface area contributed by atoms with E-state index >= 15 is 0 Å². The molecule has 0 spiro atoms. The van der Waals surface area contributed by atoms with Crippen molar-refractivity contribution < 1.29 is 9.26 Å².